The van der Waals surface area contributed by atoms with Gasteiger partial charge in [0.15, 0.2) is 0 Å². The van der Waals surface area contributed by atoms with Crippen molar-refractivity contribution in [2.75, 3.05) is 18.4 Å². The van der Waals surface area contributed by atoms with Gasteiger partial charge in [-0.2, -0.15) is 0 Å². The summed E-state index contributed by atoms with van der Waals surface area (Å²) in [6.07, 6.45) is 2.23. The van der Waals surface area contributed by atoms with E-state index in [1.165, 1.54) is 5.56 Å². The lowest BCUT2D eigenvalue weighted by Crippen LogP contribution is -2.41. The fourth-order valence-electron chi connectivity index (χ4n) is 3.41. The van der Waals surface area contributed by atoms with Crippen LogP contribution in [0.4, 0.5) is 10.5 Å². The van der Waals surface area contributed by atoms with Crippen molar-refractivity contribution in [3.8, 4) is 0 Å². The number of benzene rings is 2. The molecule has 2 aromatic carbocycles. The Hall–Kier alpha value is -2.34. The molecule has 0 bridgehead atoms. The average molecular weight is 444 g/mol. The van der Waals surface area contributed by atoms with E-state index in [2.05, 4.69) is 39.6 Å². The van der Waals surface area contributed by atoms with Crippen LogP contribution in [-0.4, -0.2) is 29.9 Å². The van der Waals surface area contributed by atoms with Crippen molar-refractivity contribution >= 4 is 33.6 Å². The van der Waals surface area contributed by atoms with Crippen molar-refractivity contribution in [2.24, 2.45) is 5.92 Å². The van der Waals surface area contributed by atoms with Crippen LogP contribution in [0.25, 0.3) is 0 Å². The number of rotatable bonds is 5. The maximum atomic E-state index is 12.4. The van der Waals surface area contributed by atoms with Gasteiger partial charge in [0.1, 0.15) is 0 Å². The second-order valence-electron chi connectivity index (χ2n) is 7.27. The normalized spacial score (nSPS) is 14.6. The van der Waals surface area contributed by atoms with Crippen molar-refractivity contribution < 1.29 is 9.59 Å². The summed E-state index contributed by atoms with van der Waals surface area (Å²) in [7, 11) is 0. The minimum absolute atomic E-state index is 0.0789. The number of hydrogen-bond acceptors (Lipinski definition) is 2. The van der Waals surface area contributed by atoms with Crippen LogP contribution in [0.5, 0.6) is 0 Å². The van der Waals surface area contributed by atoms with Crippen LogP contribution >= 0.6 is 15.9 Å². The average Bonchev–Trinajstić information content (AvgIpc) is 2.69. The zero-order chi connectivity index (χ0) is 19.9. The first-order valence-corrected chi connectivity index (χ1v) is 10.4. The van der Waals surface area contributed by atoms with Crippen LogP contribution in [0.15, 0.2) is 53.0 Å². The number of nitrogens with zero attached hydrogens (tertiary/aromatic N) is 1. The summed E-state index contributed by atoms with van der Waals surface area (Å²) in [6.45, 7) is 3.98. The summed E-state index contributed by atoms with van der Waals surface area (Å²) in [5.74, 6) is 0.412. The van der Waals surface area contributed by atoms with Crippen molar-refractivity contribution in [1.82, 2.24) is 10.2 Å². The van der Waals surface area contributed by atoms with Gasteiger partial charge < -0.3 is 15.5 Å². The molecule has 1 fully saturated rings. The van der Waals surface area contributed by atoms with E-state index in [9.17, 15) is 9.59 Å². The minimum atomic E-state index is -0.0789. The smallest absolute Gasteiger partial charge is 0.321 e. The van der Waals surface area contributed by atoms with Gasteiger partial charge in [-0.05, 0) is 61.1 Å². The summed E-state index contributed by atoms with van der Waals surface area (Å²) < 4.78 is 0.979. The second kappa shape index (κ2) is 9.73. The molecule has 1 aliphatic rings. The van der Waals surface area contributed by atoms with E-state index in [0.717, 1.165) is 28.6 Å². The molecule has 3 amide bonds. The highest BCUT2D eigenvalue weighted by molar-refractivity contribution is 9.10. The summed E-state index contributed by atoms with van der Waals surface area (Å²) in [6, 6.07) is 15.5. The summed E-state index contributed by atoms with van der Waals surface area (Å²) in [5, 5.41) is 5.95. The Morgan fingerprint density at radius 3 is 2.43 bits per heavy atom. The van der Waals surface area contributed by atoms with Gasteiger partial charge in [0.2, 0.25) is 5.91 Å². The largest absolute Gasteiger partial charge is 0.352 e. The Labute approximate surface area is 174 Å². The number of anilines is 1. The number of carbonyl (C=O) groups is 2. The monoisotopic (exact) mass is 443 g/mol. The van der Waals surface area contributed by atoms with Crippen LogP contribution in [0, 0.1) is 12.8 Å². The van der Waals surface area contributed by atoms with Crippen LogP contribution < -0.4 is 10.6 Å². The molecule has 1 heterocycles. The van der Waals surface area contributed by atoms with Crippen molar-refractivity contribution in [3.05, 3.63) is 64.1 Å². The number of amides is 3. The van der Waals surface area contributed by atoms with E-state index >= 15 is 0 Å². The summed E-state index contributed by atoms with van der Waals surface area (Å²) in [5.41, 5.74) is 3.12. The lowest BCUT2D eigenvalue weighted by atomic mass is 9.93. The molecule has 5 nitrogen and oxygen atoms in total. The number of aryl methyl sites for hydroxylation is 1. The molecule has 0 aromatic heterocycles. The number of carbonyl (C=O) groups excluding carboxylic acids is 2. The van der Waals surface area contributed by atoms with E-state index in [1.54, 1.807) is 0 Å². The molecule has 0 atom stereocenters. The Morgan fingerprint density at radius 2 is 1.75 bits per heavy atom. The predicted molar refractivity (Wildman–Crippen MR) is 115 cm³/mol. The topological polar surface area (TPSA) is 61.4 Å². The van der Waals surface area contributed by atoms with Crippen LogP contribution in [0.3, 0.4) is 0 Å². The highest BCUT2D eigenvalue weighted by Gasteiger charge is 2.24. The molecule has 148 valence electrons. The zero-order valence-electron chi connectivity index (χ0n) is 16.1. The Morgan fingerprint density at radius 1 is 1.07 bits per heavy atom. The molecule has 0 spiro atoms. The molecule has 1 aliphatic heterocycles. The van der Waals surface area contributed by atoms with Gasteiger partial charge in [-0.1, -0.05) is 40.2 Å². The first-order valence-electron chi connectivity index (χ1n) is 9.64. The molecular formula is C22H26BrN3O2. The Bertz CT molecular complexity index is 815. The molecule has 2 aromatic rings. The van der Waals surface area contributed by atoms with Gasteiger partial charge in [0.05, 0.1) is 0 Å². The molecule has 0 radical (unpaired) electrons. The van der Waals surface area contributed by atoms with E-state index in [1.807, 2.05) is 47.4 Å². The number of halogens is 1. The van der Waals surface area contributed by atoms with Gasteiger partial charge in [0, 0.05) is 36.2 Å². The van der Waals surface area contributed by atoms with Crippen LogP contribution in [-0.2, 0) is 11.3 Å². The lowest BCUT2D eigenvalue weighted by Gasteiger charge is -2.31. The number of hydrogen-bond donors (Lipinski definition) is 2. The number of likely N-dealkylation sites (tertiary alicyclic amines) is 1. The molecule has 28 heavy (non-hydrogen) atoms. The highest BCUT2D eigenvalue weighted by atomic mass is 79.9. The fraction of sp³-hybridized carbons (Fsp3) is 0.364. The van der Waals surface area contributed by atoms with E-state index in [4.69, 9.17) is 0 Å². The maximum Gasteiger partial charge on any atom is 0.321 e. The van der Waals surface area contributed by atoms with E-state index in [0.29, 0.717) is 32.0 Å². The third kappa shape index (κ3) is 5.83. The quantitative estimate of drug-likeness (QED) is 0.702. The van der Waals surface area contributed by atoms with Crippen molar-refractivity contribution in [1.29, 1.82) is 0 Å². The molecule has 6 heteroatoms. The van der Waals surface area contributed by atoms with E-state index < -0.39 is 0 Å². The SMILES string of the molecule is Cc1ccccc1CNC(=O)CC1CCN(C(=O)Nc2ccc(Br)cc2)CC1. The Kier molecular flexibility index (Phi) is 7.09. The zero-order valence-corrected chi connectivity index (χ0v) is 17.7. The third-order valence-corrected chi connectivity index (χ3v) is 5.74. The molecule has 0 aliphatic carbocycles. The molecule has 0 saturated carbocycles. The molecule has 0 unspecified atom stereocenters. The summed E-state index contributed by atoms with van der Waals surface area (Å²) >= 11 is 3.39. The lowest BCUT2D eigenvalue weighted by molar-refractivity contribution is -0.122. The molecule has 2 N–H and O–H groups in total. The van der Waals surface area contributed by atoms with Gasteiger partial charge >= 0.3 is 6.03 Å². The first-order chi connectivity index (χ1) is 13.5. The van der Waals surface area contributed by atoms with Gasteiger partial charge in [-0.3, -0.25) is 4.79 Å². The second-order valence-corrected chi connectivity index (χ2v) is 8.19. The molecule has 3 rings (SSSR count). The molecular weight excluding hydrogens is 418 g/mol. The fourth-order valence-corrected chi connectivity index (χ4v) is 3.68. The van der Waals surface area contributed by atoms with Gasteiger partial charge in [0.25, 0.3) is 0 Å². The Balaban J connectivity index is 1.39. The number of urea groups is 1. The van der Waals surface area contributed by atoms with Crippen LogP contribution in [0.1, 0.15) is 30.4 Å². The number of piperidine rings is 1. The van der Waals surface area contributed by atoms with Crippen LogP contribution in [0.2, 0.25) is 0 Å². The maximum absolute atomic E-state index is 12.4. The molecule has 1 saturated heterocycles. The predicted octanol–water partition coefficient (Wildman–Crippen LogP) is 4.71. The first kappa shape index (κ1) is 20.4. The number of nitrogens with one attached hydrogen (secondary N) is 2. The highest BCUT2D eigenvalue weighted by Crippen LogP contribution is 2.22. The van der Waals surface area contributed by atoms with Crippen molar-refractivity contribution in [3.63, 3.8) is 0 Å². The van der Waals surface area contributed by atoms with Crippen molar-refractivity contribution in [2.45, 2.75) is 32.7 Å². The van der Waals surface area contributed by atoms with Gasteiger partial charge in [-0.25, -0.2) is 4.79 Å². The van der Waals surface area contributed by atoms with Gasteiger partial charge in [-0.15, -0.1) is 0 Å². The summed E-state index contributed by atoms with van der Waals surface area (Å²) in [4.78, 5) is 26.5. The minimum Gasteiger partial charge on any atom is -0.352 e. The van der Waals surface area contributed by atoms with E-state index in [-0.39, 0.29) is 11.9 Å². The standard InChI is InChI=1S/C22H26BrN3O2/c1-16-4-2-3-5-18(16)15-24-21(27)14-17-10-12-26(13-11-17)22(28)25-20-8-6-19(23)7-9-20/h2-9,17H,10-15H2,1H3,(H,24,27)(H,25,28). The third-order valence-electron chi connectivity index (χ3n) is 5.21.